The van der Waals surface area contributed by atoms with E-state index in [4.69, 9.17) is 16.3 Å². The second-order valence-corrected chi connectivity index (χ2v) is 6.01. The average Bonchev–Trinajstić information content (AvgIpc) is 2.59. The zero-order chi connectivity index (χ0) is 17.4. The Kier molecular flexibility index (Phi) is 6.82. The van der Waals surface area contributed by atoms with E-state index in [9.17, 15) is 9.59 Å². The van der Waals surface area contributed by atoms with Gasteiger partial charge in [-0.2, -0.15) is 0 Å². The van der Waals surface area contributed by atoms with Gasteiger partial charge in [-0.25, -0.2) is 4.79 Å². The molecule has 0 fully saturated rings. The zero-order valence-electron chi connectivity index (χ0n) is 13.5. The molecule has 0 spiro atoms. The van der Waals surface area contributed by atoms with Gasteiger partial charge in [0.15, 0.2) is 6.61 Å². The predicted molar refractivity (Wildman–Crippen MR) is 94.1 cm³/mol. The molecule has 0 radical (unpaired) electrons. The molecule has 0 unspecified atom stereocenters. The topological polar surface area (TPSA) is 55.4 Å². The first kappa shape index (κ1) is 18.0. The molecule has 24 heavy (non-hydrogen) atoms. The Bertz CT molecular complexity index is 671. The summed E-state index contributed by atoms with van der Waals surface area (Å²) in [5.74, 6) is -0.850. The van der Waals surface area contributed by atoms with Crippen molar-refractivity contribution in [2.75, 3.05) is 6.61 Å². The Balaban J connectivity index is 1.70. The van der Waals surface area contributed by atoms with Crippen molar-refractivity contribution in [1.82, 2.24) is 5.32 Å². The molecule has 0 saturated heterocycles. The van der Waals surface area contributed by atoms with Gasteiger partial charge in [0.2, 0.25) is 0 Å². The van der Waals surface area contributed by atoms with Crippen LogP contribution in [0.4, 0.5) is 0 Å². The van der Waals surface area contributed by atoms with Crippen LogP contribution in [0.3, 0.4) is 0 Å². The van der Waals surface area contributed by atoms with E-state index < -0.39 is 5.97 Å². The summed E-state index contributed by atoms with van der Waals surface area (Å²) in [4.78, 5) is 23.7. The highest BCUT2D eigenvalue weighted by molar-refractivity contribution is 6.30. The summed E-state index contributed by atoms with van der Waals surface area (Å²) in [7, 11) is 0. The van der Waals surface area contributed by atoms with Crippen molar-refractivity contribution in [3.63, 3.8) is 0 Å². The number of hydrogen-bond acceptors (Lipinski definition) is 3. The minimum absolute atomic E-state index is 0.00643. The van der Waals surface area contributed by atoms with Gasteiger partial charge in [0, 0.05) is 11.1 Å². The fourth-order valence-electron chi connectivity index (χ4n) is 2.22. The first-order valence-corrected chi connectivity index (χ1v) is 8.18. The van der Waals surface area contributed by atoms with Crippen LogP contribution in [-0.2, 0) is 16.0 Å². The molecule has 0 aliphatic carbocycles. The van der Waals surface area contributed by atoms with Gasteiger partial charge in [0.05, 0.1) is 5.56 Å². The standard InChI is InChI=1S/C19H20ClNO3/c1-14(7-8-15-5-3-2-4-6-15)21-18(22)13-24-19(23)16-9-11-17(20)12-10-16/h2-6,9-12,14H,7-8,13H2,1H3,(H,21,22)/t14-/m0/s1. The van der Waals surface area contributed by atoms with Crippen LogP contribution in [0, 0.1) is 0 Å². The Morgan fingerprint density at radius 1 is 1.08 bits per heavy atom. The van der Waals surface area contributed by atoms with Crippen molar-refractivity contribution in [2.45, 2.75) is 25.8 Å². The lowest BCUT2D eigenvalue weighted by atomic mass is 10.1. The van der Waals surface area contributed by atoms with E-state index in [0.717, 1.165) is 12.8 Å². The first-order chi connectivity index (χ1) is 11.5. The largest absolute Gasteiger partial charge is 0.452 e. The predicted octanol–water partition coefficient (Wildman–Crippen LogP) is 3.63. The van der Waals surface area contributed by atoms with E-state index in [1.165, 1.54) is 5.56 Å². The lowest BCUT2D eigenvalue weighted by molar-refractivity contribution is -0.124. The number of carbonyl (C=O) groups excluding carboxylic acids is 2. The first-order valence-electron chi connectivity index (χ1n) is 7.80. The van der Waals surface area contributed by atoms with Crippen molar-refractivity contribution in [1.29, 1.82) is 0 Å². The lowest BCUT2D eigenvalue weighted by Gasteiger charge is -2.14. The fourth-order valence-corrected chi connectivity index (χ4v) is 2.34. The molecule has 126 valence electrons. The number of benzene rings is 2. The molecule has 4 nitrogen and oxygen atoms in total. The third kappa shape index (κ3) is 6.05. The summed E-state index contributed by atoms with van der Waals surface area (Å²) >= 11 is 5.76. The molecule has 5 heteroatoms. The van der Waals surface area contributed by atoms with Crippen LogP contribution in [0.5, 0.6) is 0 Å². The average molecular weight is 346 g/mol. The Morgan fingerprint density at radius 2 is 1.75 bits per heavy atom. The Morgan fingerprint density at radius 3 is 2.42 bits per heavy atom. The molecule has 0 aliphatic heterocycles. The zero-order valence-corrected chi connectivity index (χ0v) is 14.3. The van der Waals surface area contributed by atoms with Gasteiger partial charge in [0.1, 0.15) is 0 Å². The minimum Gasteiger partial charge on any atom is -0.452 e. The van der Waals surface area contributed by atoms with Crippen LogP contribution in [0.2, 0.25) is 5.02 Å². The SMILES string of the molecule is C[C@@H](CCc1ccccc1)NC(=O)COC(=O)c1ccc(Cl)cc1. The van der Waals surface area contributed by atoms with E-state index in [0.29, 0.717) is 10.6 Å². The molecule has 2 aromatic rings. The second-order valence-electron chi connectivity index (χ2n) is 5.58. The van der Waals surface area contributed by atoms with E-state index in [1.54, 1.807) is 24.3 Å². The number of ether oxygens (including phenoxy) is 1. The molecule has 2 aromatic carbocycles. The number of rotatable bonds is 7. The van der Waals surface area contributed by atoms with Crippen LogP contribution in [0.25, 0.3) is 0 Å². The highest BCUT2D eigenvalue weighted by atomic mass is 35.5. The van der Waals surface area contributed by atoms with Gasteiger partial charge < -0.3 is 10.1 Å². The second kappa shape index (κ2) is 9.08. The van der Waals surface area contributed by atoms with Crippen molar-refractivity contribution in [3.8, 4) is 0 Å². The van der Waals surface area contributed by atoms with Crippen LogP contribution in [-0.4, -0.2) is 24.5 Å². The number of nitrogens with one attached hydrogen (secondary N) is 1. The smallest absolute Gasteiger partial charge is 0.338 e. The minimum atomic E-state index is -0.543. The normalized spacial score (nSPS) is 11.6. The summed E-state index contributed by atoms with van der Waals surface area (Å²) in [5.41, 5.74) is 1.59. The molecule has 1 N–H and O–H groups in total. The summed E-state index contributed by atoms with van der Waals surface area (Å²) in [6.45, 7) is 1.64. The molecule has 1 atom stereocenters. The number of carbonyl (C=O) groups is 2. The maximum absolute atomic E-state index is 11.8. The lowest BCUT2D eigenvalue weighted by Crippen LogP contribution is -2.36. The molecule has 0 heterocycles. The van der Waals surface area contributed by atoms with E-state index in [-0.39, 0.29) is 18.6 Å². The molecule has 0 bridgehead atoms. The summed E-state index contributed by atoms with van der Waals surface area (Å²) in [6.07, 6.45) is 1.70. The van der Waals surface area contributed by atoms with Crippen molar-refractivity contribution < 1.29 is 14.3 Å². The maximum atomic E-state index is 11.8. The summed E-state index contributed by atoms with van der Waals surface area (Å²) < 4.78 is 5.00. The summed E-state index contributed by atoms with van der Waals surface area (Å²) in [6, 6.07) is 16.4. The molecule has 2 rings (SSSR count). The molecule has 0 aromatic heterocycles. The van der Waals surface area contributed by atoms with Crippen molar-refractivity contribution >= 4 is 23.5 Å². The van der Waals surface area contributed by atoms with Crippen LogP contribution in [0.1, 0.15) is 29.3 Å². The number of halogens is 1. The molecular formula is C19H20ClNO3. The number of hydrogen-bond donors (Lipinski definition) is 1. The van der Waals surface area contributed by atoms with Crippen LogP contribution < -0.4 is 5.32 Å². The van der Waals surface area contributed by atoms with Gasteiger partial charge in [-0.15, -0.1) is 0 Å². The summed E-state index contributed by atoms with van der Waals surface area (Å²) in [5, 5.41) is 3.37. The van der Waals surface area contributed by atoms with Gasteiger partial charge in [-0.1, -0.05) is 41.9 Å². The number of aryl methyl sites for hydroxylation is 1. The van der Waals surface area contributed by atoms with Crippen LogP contribution >= 0.6 is 11.6 Å². The highest BCUT2D eigenvalue weighted by Crippen LogP contribution is 2.10. The third-order valence-electron chi connectivity index (χ3n) is 3.53. The van der Waals surface area contributed by atoms with Crippen LogP contribution in [0.15, 0.2) is 54.6 Å². The van der Waals surface area contributed by atoms with Crippen molar-refractivity contribution in [3.05, 3.63) is 70.7 Å². The Hall–Kier alpha value is -2.33. The molecule has 1 amide bonds. The fraction of sp³-hybridized carbons (Fsp3) is 0.263. The monoisotopic (exact) mass is 345 g/mol. The maximum Gasteiger partial charge on any atom is 0.338 e. The molecule has 0 saturated carbocycles. The van der Waals surface area contributed by atoms with Gasteiger partial charge in [-0.05, 0) is 49.6 Å². The van der Waals surface area contributed by atoms with Gasteiger partial charge in [0.25, 0.3) is 5.91 Å². The highest BCUT2D eigenvalue weighted by Gasteiger charge is 2.12. The van der Waals surface area contributed by atoms with Gasteiger partial charge >= 0.3 is 5.97 Å². The number of esters is 1. The van der Waals surface area contributed by atoms with E-state index >= 15 is 0 Å². The van der Waals surface area contributed by atoms with Gasteiger partial charge in [-0.3, -0.25) is 4.79 Å². The quantitative estimate of drug-likeness (QED) is 0.779. The van der Waals surface area contributed by atoms with E-state index in [1.807, 2.05) is 25.1 Å². The Labute approximate surface area is 146 Å². The molecule has 0 aliphatic rings. The van der Waals surface area contributed by atoms with E-state index in [2.05, 4.69) is 17.4 Å². The van der Waals surface area contributed by atoms with Crippen molar-refractivity contribution in [2.24, 2.45) is 0 Å². The number of amides is 1. The molecular weight excluding hydrogens is 326 g/mol. The third-order valence-corrected chi connectivity index (χ3v) is 3.78.